The molecule has 0 N–H and O–H groups in total. The second kappa shape index (κ2) is 3.80. The molecule has 1 aromatic heterocycles. The Hall–Kier alpha value is -1.71. The first-order valence-corrected chi connectivity index (χ1v) is 3.55. The molecule has 0 amide bonds. The lowest BCUT2D eigenvalue weighted by molar-refractivity contribution is 0.0593. The van der Waals surface area contributed by atoms with Gasteiger partial charge >= 0.3 is 5.97 Å². The summed E-state index contributed by atoms with van der Waals surface area (Å²) in [5.41, 5.74) is 0.394. The Kier molecular flexibility index (Phi) is 2.74. The molecule has 0 aliphatic rings. The van der Waals surface area contributed by atoms with Crippen LogP contribution in [0.25, 0.3) is 6.08 Å². The van der Waals surface area contributed by atoms with Crippen molar-refractivity contribution in [1.82, 2.24) is 4.98 Å². The van der Waals surface area contributed by atoms with Crippen molar-refractivity contribution in [3.63, 3.8) is 0 Å². The lowest BCUT2D eigenvalue weighted by atomic mass is 10.2. The van der Waals surface area contributed by atoms with Crippen LogP contribution in [-0.2, 0) is 4.74 Å². The summed E-state index contributed by atoms with van der Waals surface area (Å²) in [6, 6.07) is 1.17. The highest BCUT2D eigenvalue weighted by Crippen LogP contribution is 2.10. The highest BCUT2D eigenvalue weighted by atomic mass is 19.1. The number of halogens is 1. The van der Waals surface area contributed by atoms with Gasteiger partial charge in [0.25, 0.3) is 0 Å². The van der Waals surface area contributed by atoms with Crippen LogP contribution in [0, 0.1) is 5.82 Å². The van der Waals surface area contributed by atoms with Crippen molar-refractivity contribution in [3.05, 3.63) is 35.9 Å². The molecule has 3 nitrogen and oxygen atoms in total. The van der Waals surface area contributed by atoms with E-state index in [4.69, 9.17) is 0 Å². The molecule has 4 heteroatoms. The second-order valence-corrected chi connectivity index (χ2v) is 2.29. The normalized spacial score (nSPS) is 9.38. The largest absolute Gasteiger partial charge is 0.464 e. The van der Waals surface area contributed by atoms with Crippen molar-refractivity contribution in [2.24, 2.45) is 0 Å². The van der Waals surface area contributed by atoms with Crippen LogP contribution in [0.5, 0.6) is 0 Å². The van der Waals surface area contributed by atoms with Gasteiger partial charge in [-0.25, -0.2) is 14.2 Å². The number of hydrogen-bond acceptors (Lipinski definition) is 3. The first kappa shape index (κ1) is 9.38. The average Bonchev–Trinajstić information content (AvgIpc) is 2.16. The third-order valence-corrected chi connectivity index (χ3v) is 1.48. The number of esters is 1. The molecule has 68 valence electrons. The van der Waals surface area contributed by atoms with Crippen molar-refractivity contribution in [3.8, 4) is 0 Å². The quantitative estimate of drug-likeness (QED) is 0.651. The van der Waals surface area contributed by atoms with E-state index in [-0.39, 0.29) is 5.69 Å². The monoisotopic (exact) mass is 181 g/mol. The molecule has 1 rings (SSSR count). The van der Waals surface area contributed by atoms with Crippen LogP contribution >= 0.6 is 0 Å². The van der Waals surface area contributed by atoms with E-state index in [0.29, 0.717) is 5.56 Å². The summed E-state index contributed by atoms with van der Waals surface area (Å²) in [6.07, 6.45) is 2.31. The smallest absolute Gasteiger partial charge is 0.357 e. The van der Waals surface area contributed by atoms with Gasteiger partial charge in [-0.2, -0.15) is 0 Å². The number of rotatable bonds is 2. The summed E-state index contributed by atoms with van der Waals surface area (Å²) >= 11 is 0. The first-order valence-electron chi connectivity index (χ1n) is 3.55. The topological polar surface area (TPSA) is 39.2 Å². The number of hydrogen-bond donors (Lipinski definition) is 0. The standard InChI is InChI=1S/C9H8FNO2/c1-3-6-4-7(10)5-11-8(6)9(12)13-2/h3-5H,1H2,2H3. The van der Waals surface area contributed by atoms with Crippen LogP contribution in [-0.4, -0.2) is 18.1 Å². The van der Waals surface area contributed by atoms with Crippen LogP contribution in [0.3, 0.4) is 0 Å². The molecule has 0 saturated carbocycles. The Bertz CT molecular complexity index is 349. The van der Waals surface area contributed by atoms with Gasteiger partial charge in [0.05, 0.1) is 13.3 Å². The van der Waals surface area contributed by atoms with E-state index >= 15 is 0 Å². The third-order valence-electron chi connectivity index (χ3n) is 1.48. The molecule has 13 heavy (non-hydrogen) atoms. The molecule has 0 aliphatic carbocycles. The zero-order valence-electron chi connectivity index (χ0n) is 7.08. The number of pyridine rings is 1. The third kappa shape index (κ3) is 1.90. The van der Waals surface area contributed by atoms with Crippen LogP contribution in [0.2, 0.25) is 0 Å². The predicted octanol–water partition coefficient (Wildman–Crippen LogP) is 1.65. The highest BCUT2D eigenvalue weighted by Gasteiger charge is 2.11. The Morgan fingerprint density at radius 2 is 2.46 bits per heavy atom. The molecule has 0 radical (unpaired) electrons. The molecule has 0 aliphatic heterocycles. The lowest BCUT2D eigenvalue weighted by Crippen LogP contribution is -2.06. The van der Waals surface area contributed by atoms with Gasteiger partial charge in [0.15, 0.2) is 5.69 Å². The zero-order chi connectivity index (χ0) is 9.84. The maximum Gasteiger partial charge on any atom is 0.357 e. The van der Waals surface area contributed by atoms with Gasteiger partial charge in [-0.3, -0.25) is 0 Å². The van der Waals surface area contributed by atoms with Crippen molar-refractivity contribution in [1.29, 1.82) is 0 Å². The molecular weight excluding hydrogens is 173 g/mol. The minimum atomic E-state index is -0.602. The second-order valence-electron chi connectivity index (χ2n) is 2.29. The van der Waals surface area contributed by atoms with Crippen LogP contribution < -0.4 is 0 Å². The lowest BCUT2D eigenvalue weighted by Gasteiger charge is -2.01. The fourth-order valence-electron chi connectivity index (χ4n) is 0.878. The maximum atomic E-state index is 12.6. The SMILES string of the molecule is C=Cc1cc(F)cnc1C(=O)OC. The Morgan fingerprint density at radius 3 is 3.00 bits per heavy atom. The van der Waals surface area contributed by atoms with E-state index in [1.165, 1.54) is 19.3 Å². The van der Waals surface area contributed by atoms with Crippen LogP contribution in [0.1, 0.15) is 16.1 Å². The van der Waals surface area contributed by atoms with Crippen molar-refractivity contribution in [2.75, 3.05) is 7.11 Å². The van der Waals surface area contributed by atoms with Crippen molar-refractivity contribution >= 4 is 12.0 Å². The van der Waals surface area contributed by atoms with E-state index < -0.39 is 11.8 Å². The molecule has 0 aromatic carbocycles. The van der Waals surface area contributed by atoms with Gasteiger partial charge in [-0.1, -0.05) is 12.7 Å². The number of aromatic nitrogens is 1. The van der Waals surface area contributed by atoms with Gasteiger partial charge in [0, 0.05) is 5.56 Å². The molecule has 1 aromatic rings. The number of methoxy groups -OCH3 is 1. The summed E-state index contributed by atoms with van der Waals surface area (Å²) < 4.78 is 17.1. The Morgan fingerprint density at radius 1 is 1.77 bits per heavy atom. The Balaban J connectivity index is 3.20. The fraction of sp³-hybridized carbons (Fsp3) is 0.111. The van der Waals surface area contributed by atoms with Gasteiger partial charge in [0.1, 0.15) is 5.82 Å². The first-order chi connectivity index (χ1) is 6.19. The van der Waals surface area contributed by atoms with Gasteiger partial charge in [-0.05, 0) is 6.07 Å². The van der Waals surface area contributed by atoms with Crippen molar-refractivity contribution < 1.29 is 13.9 Å². The number of carbonyl (C=O) groups is 1. The molecule has 0 unspecified atom stereocenters. The number of ether oxygens (including phenoxy) is 1. The summed E-state index contributed by atoms with van der Waals surface area (Å²) in [6.45, 7) is 3.43. The average molecular weight is 181 g/mol. The maximum absolute atomic E-state index is 12.6. The number of nitrogens with zero attached hydrogens (tertiary/aromatic N) is 1. The van der Waals surface area contributed by atoms with Crippen LogP contribution in [0.15, 0.2) is 18.8 Å². The summed E-state index contributed by atoms with van der Waals surface area (Å²) in [5, 5.41) is 0. The van der Waals surface area contributed by atoms with E-state index in [1.807, 2.05) is 0 Å². The summed E-state index contributed by atoms with van der Waals surface area (Å²) in [4.78, 5) is 14.6. The molecule has 1 heterocycles. The molecule has 0 atom stereocenters. The predicted molar refractivity (Wildman–Crippen MR) is 45.6 cm³/mol. The minimum absolute atomic E-state index is 0.0684. The zero-order valence-corrected chi connectivity index (χ0v) is 7.08. The Labute approximate surface area is 74.9 Å². The minimum Gasteiger partial charge on any atom is -0.464 e. The molecule has 0 fully saturated rings. The molecule has 0 saturated heterocycles. The summed E-state index contributed by atoms with van der Waals surface area (Å²) in [7, 11) is 1.24. The van der Waals surface area contributed by atoms with Gasteiger partial charge < -0.3 is 4.74 Å². The molecule has 0 bridgehead atoms. The van der Waals surface area contributed by atoms with Gasteiger partial charge in [0.2, 0.25) is 0 Å². The summed E-state index contributed by atoms with van der Waals surface area (Å²) in [5.74, 6) is -1.11. The molecular formula is C9H8FNO2. The van der Waals surface area contributed by atoms with E-state index in [9.17, 15) is 9.18 Å². The number of carbonyl (C=O) groups excluding carboxylic acids is 1. The van der Waals surface area contributed by atoms with E-state index in [0.717, 1.165) is 6.20 Å². The van der Waals surface area contributed by atoms with Crippen molar-refractivity contribution in [2.45, 2.75) is 0 Å². The van der Waals surface area contributed by atoms with Crippen LogP contribution in [0.4, 0.5) is 4.39 Å². The fourth-order valence-corrected chi connectivity index (χ4v) is 0.878. The highest BCUT2D eigenvalue weighted by molar-refractivity contribution is 5.91. The molecule has 0 spiro atoms. The van der Waals surface area contributed by atoms with Gasteiger partial charge in [-0.15, -0.1) is 0 Å². The van der Waals surface area contributed by atoms with E-state index in [2.05, 4.69) is 16.3 Å². The van der Waals surface area contributed by atoms with E-state index in [1.54, 1.807) is 0 Å².